The van der Waals surface area contributed by atoms with Gasteiger partial charge < -0.3 is 14.3 Å². The molecule has 0 bridgehead atoms. The van der Waals surface area contributed by atoms with Gasteiger partial charge in [-0.1, -0.05) is 0 Å². The van der Waals surface area contributed by atoms with Crippen molar-refractivity contribution in [3.8, 4) is 0 Å². The van der Waals surface area contributed by atoms with Crippen LogP contribution in [0.1, 0.15) is 21.8 Å². The van der Waals surface area contributed by atoms with Gasteiger partial charge in [-0.2, -0.15) is 0 Å². The van der Waals surface area contributed by atoms with Gasteiger partial charge in [0.2, 0.25) is 0 Å². The summed E-state index contributed by atoms with van der Waals surface area (Å²) >= 11 is 3.41. The van der Waals surface area contributed by atoms with Crippen LogP contribution in [0.4, 0.5) is 0 Å². The molecule has 1 N–H and O–H groups in total. The van der Waals surface area contributed by atoms with E-state index in [1.165, 1.54) is 17.5 Å². The van der Waals surface area contributed by atoms with Crippen molar-refractivity contribution in [3.63, 3.8) is 0 Å². The van der Waals surface area contributed by atoms with Crippen LogP contribution in [-0.2, 0) is 13.0 Å². The SMILES string of the molecule is O=C(c1ccco1)N1CCc2[nH]c(Br)cc2C1. The molecule has 88 valence electrons. The Hall–Kier alpha value is -1.49. The molecule has 3 rings (SSSR count). The zero-order chi connectivity index (χ0) is 11.8. The molecule has 3 heterocycles. The number of nitrogens with zero attached hydrogens (tertiary/aromatic N) is 1. The smallest absolute Gasteiger partial charge is 0.289 e. The third-order valence-electron chi connectivity index (χ3n) is 2.97. The zero-order valence-corrected chi connectivity index (χ0v) is 10.7. The molecule has 0 saturated carbocycles. The lowest BCUT2D eigenvalue weighted by Gasteiger charge is -2.26. The summed E-state index contributed by atoms with van der Waals surface area (Å²) in [5, 5.41) is 0. The molecule has 0 unspecified atom stereocenters. The van der Waals surface area contributed by atoms with E-state index >= 15 is 0 Å². The van der Waals surface area contributed by atoms with Crippen molar-refractivity contribution >= 4 is 21.8 Å². The van der Waals surface area contributed by atoms with Crippen LogP contribution in [-0.4, -0.2) is 22.3 Å². The molecule has 1 aliphatic heterocycles. The molecular formula is C12H11BrN2O2. The van der Waals surface area contributed by atoms with E-state index in [-0.39, 0.29) is 5.91 Å². The van der Waals surface area contributed by atoms with Crippen molar-refractivity contribution in [3.05, 3.63) is 46.1 Å². The predicted octanol–water partition coefficient (Wildman–Crippen LogP) is 2.57. The number of aromatic nitrogens is 1. The normalized spacial score (nSPS) is 14.8. The highest BCUT2D eigenvalue weighted by Gasteiger charge is 2.24. The second-order valence-electron chi connectivity index (χ2n) is 4.08. The molecule has 17 heavy (non-hydrogen) atoms. The molecule has 0 spiro atoms. The molecular weight excluding hydrogens is 284 g/mol. The first-order valence-electron chi connectivity index (χ1n) is 5.43. The maximum Gasteiger partial charge on any atom is 0.289 e. The summed E-state index contributed by atoms with van der Waals surface area (Å²) in [6, 6.07) is 5.46. The molecule has 0 saturated heterocycles. The first-order chi connectivity index (χ1) is 8.24. The number of rotatable bonds is 1. The average molecular weight is 295 g/mol. The number of carbonyl (C=O) groups is 1. The molecule has 4 nitrogen and oxygen atoms in total. The summed E-state index contributed by atoms with van der Waals surface area (Å²) < 4.78 is 6.10. The minimum Gasteiger partial charge on any atom is -0.459 e. The van der Waals surface area contributed by atoms with E-state index in [1.807, 2.05) is 6.07 Å². The van der Waals surface area contributed by atoms with E-state index in [9.17, 15) is 4.79 Å². The van der Waals surface area contributed by atoms with E-state index in [4.69, 9.17) is 4.42 Å². The van der Waals surface area contributed by atoms with E-state index in [0.29, 0.717) is 12.3 Å². The summed E-state index contributed by atoms with van der Waals surface area (Å²) in [6.45, 7) is 1.36. The highest BCUT2D eigenvalue weighted by Crippen LogP contribution is 2.23. The molecule has 2 aromatic heterocycles. The number of H-pyrrole nitrogens is 1. The average Bonchev–Trinajstić information content (AvgIpc) is 2.94. The van der Waals surface area contributed by atoms with Gasteiger partial charge in [-0.3, -0.25) is 4.79 Å². The van der Waals surface area contributed by atoms with Crippen LogP contribution in [0.2, 0.25) is 0 Å². The predicted molar refractivity (Wildman–Crippen MR) is 65.6 cm³/mol. The molecule has 5 heteroatoms. The summed E-state index contributed by atoms with van der Waals surface area (Å²) in [6.07, 6.45) is 2.38. The maximum absolute atomic E-state index is 12.1. The van der Waals surface area contributed by atoms with Crippen LogP contribution in [0.5, 0.6) is 0 Å². The Morgan fingerprint density at radius 1 is 1.53 bits per heavy atom. The fourth-order valence-electron chi connectivity index (χ4n) is 2.13. The third-order valence-corrected chi connectivity index (χ3v) is 3.40. The summed E-state index contributed by atoms with van der Waals surface area (Å²) in [5.41, 5.74) is 2.38. The number of fused-ring (bicyclic) bond motifs is 1. The van der Waals surface area contributed by atoms with Crippen molar-refractivity contribution in [2.75, 3.05) is 6.54 Å². The second-order valence-corrected chi connectivity index (χ2v) is 4.93. The van der Waals surface area contributed by atoms with E-state index < -0.39 is 0 Å². The fraction of sp³-hybridized carbons (Fsp3) is 0.250. The lowest BCUT2D eigenvalue weighted by Crippen LogP contribution is -2.35. The maximum atomic E-state index is 12.1. The lowest BCUT2D eigenvalue weighted by molar-refractivity contribution is 0.0702. The van der Waals surface area contributed by atoms with Crippen LogP contribution >= 0.6 is 15.9 Å². The zero-order valence-electron chi connectivity index (χ0n) is 9.07. The monoisotopic (exact) mass is 294 g/mol. The van der Waals surface area contributed by atoms with Gasteiger partial charge in [0.25, 0.3) is 5.91 Å². The van der Waals surface area contributed by atoms with Gasteiger partial charge in [0, 0.05) is 25.2 Å². The third kappa shape index (κ3) is 1.91. The van der Waals surface area contributed by atoms with E-state index in [2.05, 4.69) is 20.9 Å². The van der Waals surface area contributed by atoms with Gasteiger partial charge in [0.1, 0.15) is 0 Å². The van der Waals surface area contributed by atoms with Gasteiger partial charge in [0.15, 0.2) is 5.76 Å². The van der Waals surface area contributed by atoms with Gasteiger partial charge in [-0.15, -0.1) is 0 Å². The number of hydrogen-bond donors (Lipinski definition) is 1. The van der Waals surface area contributed by atoms with E-state index in [1.54, 1.807) is 17.0 Å². The van der Waals surface area contributed by atoms with Crippen LogP contribution in [0.25, 0.3) is 0 Å². The molecule has 0 fully saturated rings. The van der Waals surface area contributed by atoms with Crippen molar-refractivity contribution in [2.24, 2.45) is 0 Å². The number of hydrogen-bond acceptors (Lipinski definition) is 2. The van der Waals surface area contributed by atoms with Crippen molar-refractivity contribution in [1.29, 1.82) is 0 Å². The molecule has 0 atom stereocenters. The molecule has 0 aromatic carbocycles. The summed E-state index contributed by atoms with van der Waals surface area (Å²) in [4.78, 5) is 17.1. The molecule has 2 aromatic rings. The Morgan fingerprint density at radius 2 is 2.41 bits per heavy atom. The number of amides is 1. The Morgan fingerprint density at radius 3 is 3.18 bits per heavy atom. The van der Waals surface area contributed by atoms with Crippen LogP contribution < -0.4 is 0 Å². The topological polar surface area (TPSA) is 49.2 Å². The Bertz CT molecular complexity index is 545. The van der Waals surface area contributed by atoms with Gasteiger partial charge in [-0.05, 0) is 39.7 Å². The summed E-state index contributed by atoms with van der Waals surface area (Å²) in [7, 11) is 0. The van der Waals surface area contributed by atoms with Crippen molar-refractivity contribution in [2.45, 2.75) is 13.0 Å². The molecule has 1 amide bonds. The van der Waals surface area contributed by atoms with Crippen LogP contribution in [0.15, 0.2) is 33.5 Å². The highest BCUT2D eigenvalue weighted by molar-refractivity contribution is 9.10. The first kappa shape index (κ1) is 10.7. The number of halogens is 1. The number of aromatic amines is 1. The molecule has 0 radical (unpaired) electrons. The van der Waals surface area contributed by atoms with Gasteiger partial charge in [-0.25, -0.2) is 0 Å². The standard InChI is InChI=1S/C12H11BrN2O2/c13-11-6-8-7-15(4-3-9(8)14-11)12(16)10-2-1-5-17-10/h1-2,5-6,14H,3-4,7H2. The minimum atomic E-state index is -0.0435. The Kier molecular flexibility index (Phi) is 2.55. The number of furan rings is 1. The lowest BCUT2D eigenvalue weighted by atomic mass is 10.1. The molecule has 1 aliphatic rings. The minimum absolute atomic E-state index is 0.0435. The van der Waals surface area contributed by atoms with Crippen molar-refractivity contribution < 1.29 is 9.21 Å². The van der Waals surface area contributed by atoms with Crippen molar-refractivity contribution in [1.82, 2.24) is 9.88 Å². The second kappa shape index (κ2) is 4.07. The fourth-order valence-corrected chi connectivity index (χ4v) is 2.64. The van der Waals surface area contributed by atoms with Gasteiger partial charge >= 0.3 is 0 Å². The largest absolute Gasteiger partial charge is 0.459 e. The van der Waals surface area contributed by atoms with Crippen LogP contribution in [0.3, 0.4) is 0 Å². The number of carbonyl (C=O) groups excluding carboxylic acids is 1. The highest BCUT2D eigenvalue weighted by atomic mass is 79.9. The Balaban J connectivity index is 1.82. The van der Waals surface area contributed by atoms with E-state index in [0.717, 1.165) is 17.6 Å². The Labute approximate surface area is 107 Å². The molecule has 0 aliphatic carbocycles. The van der Waals surface area contributed by atoms with Gasteiger partial charge in [0.05, 0.1) is 10.9 Å². The first-order valence-corrected chi connectivity index (χ1v) is 6.22. The quantitative estimate of drug-likeness (QED) is 0.879. The number of nitrogens with one attached hydrogen (secondary N) is 1. The summed E-state index contributed by atoms with van der Waals surface area (Å²) in [5.74, 6) is 0.362. The van der Waals surface area contributed by atoms with Crippen LogP contribution in [0, 0.1) is 0 Å².